The van der Waals surface area contributed by atoms with Crippen LogP contribution in [0.25, 0.3) is 0 Å². The van der Waals surface area contributed by atoms with Crippen LogP contribution < -0.4 is 11.1 Å². The van der Waals surface area contributed by atoms with Crippen LogP contribution in [0.1, 0.15) is 22.7 Å². The molecule has 0 heterocycles. The van der Waals surface area contributed by atoms with Gasteiger partial charge in [-0.05, 0) is 42.7 Å². The van der Waals surface area contributed by atoms with Crippen molar-refractivity contribution in [1.82, 2.24) is 0 Å². The average Bonchev–Trinajstić information content (AvgIpc) is 2.40. The zero-order chi connectivity index (χ0) is 13.8. The molecule has 3 heteroatoms. The van der Waals surface area contributed by atoms with Crippen LogP contribution in [0.5, 0.6) is 0 Å². The van der Waals surface area contributed by atoms with Gasteiger partial charge in [-0.25, -0.2) is 0 Å². The molecule has 1 atom stereocenters. The number of nitrogens with two attached hydrogens (primary N) is 1. The van der Waals surface area contributed by atoms with Crippen LogP contribution in [0.3, 0.4) is 0 Å². The standard InChI is InChI=1S/C16H18N2O/c1-11-8-9-13(10-12(11)2)15(16(17)19)18-14-6-4-3-5-7-14/h3-10,15,18H,1-2H3,(H2,17,19). The van der Waals surface area contributed by atoms with E-state index in [1.54, 1.807) is 0 Å². The maximum absolute atomic E-state index is 11.7. The summed E-state index contributed by atoms with van der Waals surface area (Å²) >= 11 is 0. The largest absolute Gasteiger partial charge is 0.370 e. The van der Waals surface area contributed by atoms with E-state index < -0.39 is 6.04 Å². The SMILES string of the molecule is Cc1ccc(C(Nc2ccccc2)C(N)=O)cc1C. The number of aryl methyl sites for hydroxylation is 2. The normalized spacial score (nSPS) is 11.9. The molecule has 2 rings (SSSR count). The number of carbonyl (C=O) groups excluding carboxylic acids is 1. The van der Waals surface area contributed by atoms with Crippen molar-refractivity contribution in [2.45, 2.75) is 19.9 Å². The molecule has 1 amide bonds. The first kappa shape index (κ1) is 13.1. The van der Waals surface area contributed by atoms with E-state index in [-0.39, 0.29) is 5.91 Å². The van der Waals surface area contributed by atoms with E-state index in [2.05, 4.69) is 5.32 Å². The summed E-state index contributed by atoms with van der Waals surface area (Å²) in [6, 6.07) is 15.0. The smallest absolute Gasteiger partial charge is 0.244 e. The Morgan fingerprint density at radius 1 is 1.05 bits per heavy atom. The minimum absolute atomic E-state index is 0.382. The zero-order valence-corrected chi connectivity index (χ0v) is 11.2. The number of hydrogen-bond acceptors (Lipinski definition) is 2. The van der Waals surface area contributed by atoms with Crippen molar-refractivity contribution >= 4 is 11.6 Å². The van der Waals surface area contributed by atoms with E-state index in [0.29, 0.717) is 0 Å². The van der Waals surface area contributed by atoms with Gasteiger partial charge >= 0.3 is 0 Å². The Bertz CT molecular complexity index is 579. The summed E-state index contributed by atoms with van der Waals surface area (Å²) in [6.07, 6.45) is 0. The predicted octanol–water partition coefficient (Wildman–Crippen LogP) is 2.94. The highest BCUT2D eigenvalue weighted by Crippen LogP contribution is 2.21. The Balaban J connectivity index is 2.30. The lowest BCUT2D eigenvalue weighted by atomic mass is 10.0. The Labute approximate surface area is 113 Å². The third-order valence-corrected chi connectivity index (χ3v) is 3.23. The van der Waals surface area contributed by atoms with Crippen LogP contribution in [0.15, 0.2) is 48.5 Å². The predicted molar refractivity (Wildman–Crippen MR) is 77.9 cm³/mol. The van der Waals surface area contributed by atoms with Crippen LogP contribution in [0.2, 0.25) is 0 Å². The van der Waals surface area contributed by atoms with Gasteiger partial charge < -0.3 is 11.1 Å². The lowest BCUT2D eigenvalue weighted by molar-refractivity contribution is -0.118. The molecule has 19 heavy (non-hydrogen) atoms. The first-order valence-electron chi connectivity index (χ1n) is 6.26. The summed E-state index contributed by atoms with van der Waals surface area (Å²) in [7, 11) is 0. The van der Waals surface area contributed by atoms with Crippen LogP contribution in [0.4, 0.5) is 5.69 Å². The molecule has 0 aliphatic heterocycles. The van der Waals surface area contributed by atoms with Gasteiger partial charge in [0.1, 0.15) is 6.04 Å². The molecule has 0 bridgehead atoms. The van der Waals surface area contributed by atoms with E-state index in [0.717, 1.165) is 16.8 Å². The first-order chi connectivity index (χ1) is 9.08. The van der Waals surface area contributed by atoms with Crippen LogP contribution >= 0.6 is 0 Å². The van der Waals surface area contributed by atoms with Crippen molar-refractivity contribution in [3.05, 3.63) is 65.2 Å². The number of benzene rings is 2. The zero-order valence-electron chi connectivity index (χ0n) is 11.2. The second kappa shape index (κ2) is 5.57. The molecule has 0 aliphatic rings. The van der Waals surface area contributed by atoms with Crippen LogP contribution in [-0.2, 0) is 4.79 Å². The fraction of sp³-hybridized carbons (Fsp3) is 0.188. The minimum Gasteiger partial charge on any atom is -0.370 e. The van der Waals surface area contributed by atoms with Gasteiger partial charge in [-0.2, -0.15) is 0 Å². The quantitative estimate of drug-likeness (QED) is 0.881. The van der Waals surface area contributed by atoms with Gasteiger partial charge in [0, 0.05) is 5.69 Å². The van der Waals surface area contributed by atoms with Crippen molar-refractivity contribution in [1.29, 1.82) is 0 Å². The summed E-state index contributed by atoms with van der Waals surface area (Å²) in [5, 5.41) is 3.17. The summed E-state index contributed by atoms with van der Waals surface area (Å²) < 4.78 is 0. The third kappa shape index (κ3) is 3.13. The van der Waals surface area contributed by atoms with Crippen LogP contribution in [0, 0.1) is 13.8 Å². The number of anilines is 1. The second-order valence-corrected chi connectivity index (χ2v) is 4.69. The lowest BCUT2D eigenvalue weighted by Crippen LogP contribution is -2.27. The molecule has 0 spiro atoms. The highest BCUT2D eigenvalue weighted by atomic mass is 16.1. The van der Waals surface area contributed by atoms with Gasteiger partial charge in [-0.1, -0.05) is 36.4 Å². The monoisotopic (exact) mass is 254 g/mol. The summed E-state index contributed by atoms with van der Waals surface area (Å²) in [4.78, 5) is 11.7. The molecule has 0 saturated heterocycles. The van der Waals surface area contributed by atoms with E-state index >= 15 is 0 Å². The molecule has 98 valence electrons. The Hall–Kier alpha value is -2.29. The van der Waals surface area contributed by atoms with E-state index in [9.17, 15) is 4.79 Å². The highest BCUT2D eigenvalue weighted by Gasteiger charge is 2.17. The van der Waals surface area contributed by atoms with E-state index in [1.807, 2.05) is 62.4 Å². The molecule has 1 unspecified atom stereocenters. The van der Waals surface area contributed by atoms with Crippen LogP contribution in [-0.4, -0.2) is 5.91 Å². The second-order valence-electron chi connectivity index (χ2n) is 4.69. The Kier molecular flexibility index (Phi) is 3.85. The number of hydrogen-bond donors (Lipinski definition) is 2. The summed E-state index contributed by atoms with van der Waals surface area (Å²) in [5.41, 5.74) is 9.62. The van der Waals surface area contributed by atoms with Gasteiger partial charge in [-0.3, -0.25) is 4.79 Å². The minimum atomic E-state index is -0.512. The fourth-order valence-electron chi connectivity index (χ4n) is 1.96. The number of amides is 1. The fourth-order valence-corrected chi connectivity index (χ4v) is 1.96. The maximum Gasteiger partial charge on any atom is 0.244 e. The van der Waals surface area contributed by atoms with E-state index in [1.165, 1.54) is 5.56 Å². The number of rotatable bonds is 4. The molecule has 2 aromatic carbocycles. The van der Waals surface area contributed by atoms with Gasteiger partial charge in [-0.15, -0.1) is 0 Å². The molecule has 0 radical (unpaired) electrons. The Morgan fingerprint density at radius 2 is 1.74 bits per heavy atom. The number of primary amides is 1. The third-order valence-electron chi connectivity index (χ3n) is 3.23. The summed E-state index contributed by atoms with van der Waals surface area (Å²) in [5.74, 6) is -0.382. The highest BCUT2D eigenvalue weighted by molar-refractivity contribution is 5.84. The molecule has 3 N–H and O–H groups in total. The number of nitrogens with one attached hydrogen (secondary N) is 1. The molecule has 0 fully saturated rings. The Morgan fingerprint density at radius 3 is 2.32 bits per heavy atom. The molecule has 0 aromatic heterocycles. The molecular formula is C16H18N2O. The molecule has 0 aliphatic carbocycles. The van der Waals surface area contributed by atoms with Crippen molar-refractivity contribution < 1.29 is 4.79 Å². The van der Waals surface area contributed by atoms with Gasteiger partial charge in [0.05, 0.1) is 0 Å². The topological polar surface area (TPSA) is 55.1 Å². The summed E-state index contributed by atoms with van der Waals surface area (Å²) in [6.45, 7) is 4.07. The first-order valence-corrected chi connectivity index (χ1v) is 6.26. The van der Waals surface area contributed by atoms with Crippen molar-refractivity contribution in [2.75, 3.05) is 5.32 Å². The van der Waals surface area contributed by atoms with Gasteiger partial charge in [0.2, 0.25) is 5.91 Å². The van der Waals surface area contributed by atoms with E-state index in [4.69, 9.17) is 5.73 Å². The van der Waals surface area contributed by atoms with Crippen molar-refractivity contribution in [3.63, 3.8) is 0 Å². The van der Waals surface area contributed by atoms with Gasteiger partial charge in [0.25, 0.3) is 0 Å². The molecular weight excluding hydrogens is 236 g/mol. The number of carbonyl (C=O) groups is 1. The lowest BCUT2D eigenvalue weighted by Gasteiger charge is -2.18. The van der Waals surface area contributed by atoms with Gasteiger partial charge in [0.15, 0.2) is 0 Å². The van der Waals surface area contributed by atoms with Crippen molar-refractivity contribution in [2.24, 2.45) is 5.73 Å². The number of para-hydroxylation sites is 1. The molecule has 2 aromatic rings. The molecule has 3 nitrogen and oxygen atoms in total. The molecule has 0 saturated carbocycles. The van der Waals surface area contributed by atoms with Crippen molar-refractivity contribution in [3.8, 4) is 0 Å². The maximum atomic E-state index is 11.7. The average molecular weight is 254 g/mol.